The highest BCUT2D eigenvalue weighted by atomic mass is 16.6. The Balaban J connectivity index is 2.92. The first-order chi connectivity index (χ1) is 12.5. The van der Waals surface area contributed by atoms with Crippen molar-refractivity contribution in [3.05, 3.63) is 35.9 Å². The van der Waals surface area contributed by atoms with Crippen LogP contribution in [0.3, 0.4) is 0 Å². The third kappa shape index (κ3) is 8.11. The fourth-order valence-electron chi connectivity index (χ4n) is 2.42. The largest absolute Gasteiger partial charge is 0.469 e. The van der Waals surface area contributed by atoms with E-state index in [0.717, 1.165) is 5.56 Å². The van der Waals surface area contributed by atoms with Crippen molar-refractivity contribution in [2.45, 2.75) is 58.7 Å². The van der Waals surface area contributed by atoms with Gasteiger partial charge in [0, 0.05) is 0 Å². The molecule has 0 fully saturated rings. The fraction of sp³-hybridized carbons (Fsp3) is 0.550. The van der Waals surface area contributed by atoms with E-state index in [1.807, 2.05) is 44.2 Å². The molecule has 1 rings (SSSR count). The molecule has 0 spiro atoms. The molecule has 1 unspecified atom stereocenters. The van der Waals surface area contributed by atoms with Crippen LogP contribution in [-0.2, 0) is 19.1 Å². The minimum atomic E-state index is -0.802. The van der Waals surface area contributed by atoms with Crippen molar-refractivity contribution in [2.75, 3.05) is 7.11 Å². The number of methoxy groups -OCH3 is 1. The maximum atomic E-state index is 12.8. The van der Waals surface area contributed by atoms with E-state index in [0.29, 0.717) is 0 Å². The number of carbonyl (C=O) groups is 3. The van der Waals surface area contributed by atoms with E-state index in [2.05, 4.69) is 10.6 Å². The van der Waals surface area contributed by atoms with Gasteiger partial charge in [-0.1, -0.05) is 44.2 Å². The van der Waals surface area contributed by atoms with Crippen molar-refractivity contribution in [3.8, 4) is 0 Å². The lowest BCUT2D eigenvalue weighted by Gasteiger charge is -2.27. The lowest BCUT2D eigenvalue weighted by Crippen LogP contribution is -2.51. The topological polar surface area (TPSA) is 93.7 Å². The average molecular weight is 378 g/mol. The van der Waals surface area contributed by atoms with Crippen molar-refractivity contribution in [1.82, 2.24) is 10.6 Å². The lowest BCUT2D eigenvalue weighted by molar-refractivity contribution is -0.141. The molecular weight excluding hydrogens is 348 g/mol. The molecule has 0 aromatic heterocycles. The number of rotatable bonds is 7. The summed E-state index contributed by atoms with van der Waals surface area (Å²) in [6.45, 7) is 8.88. The second-order valence-corrected chi connectivity index (χ2v) is 7.62. The third-order valence-electron chi connectivity index (χ3n) is 3.74. The highest BCUT2D eigenvalue weighted by Gasteiger charge is 2.29. The van der Waals surface area contributed by atoms with Crippen molar-refractivity contribution in [2.24, 2.45) is 5.92 Å². The standard InChI is InChI=1S/C20H30N2O5/c1-13(2)17(22-19(25)27-20(3,4)5)18(24)21-15(12-16(23)26-6)14-10-8-7-9-11-14/h7-11,13,15,17H,12H2,1-6H3,(H,21,24)(H,22,25)/t15?,17-/m0/s1. The number of hydrogen-bond acceptors (Lipinski definition) is 5. The molecule has 2 atom stereocenters. The molecule has 150 valence electrons. The monoisotopic (exact) mass is 378 g/mol. The van der Waals surface area contributed by atoms with Gasteiger partial charge in [0.2, 0.25) is 5.91 Å². The zero-order valence-corrected chi connectivity index (χ0v) is 16.9. The van der Waals surface area contributed by atoms with Crippen LogP contribution in [0.2, 0.25) is 0 Å². The zero-order valence-electron chi connectivity index (χ0n) is 16.9. The van der Waals surface area contributed by atoms with Crippen LogP contribution in [0, 0.1) is 5.92 Å². The molecule has 0 bridgehead atoms. The van der Waals surface area contributed by atoms with Gasteiger partial charge in [-0.25, -0.2) is 4.79 Å². The number of esters is 1. The smallest absolute Gasteiger partial charge is 0.408 e. The number of benzene rings is 1. The van der Waals surface area contributed by atoms with Gasteiger partial charge in [0.05, 0.1) is 19.6 Å². The Morgan fingerprint density at radius 3 is 2.11 bits per heavy atom. The van der Waals surface area contributed by atoms with Crippen LogP contribution in [0.1, 0.15) is 52.6 Å². The molecule has 2 N–H and O–H groups in total. The average Bonchev–Trinajstić information content (AvgIpc) is 2.57. The Bertz CT molecular complexity index is 638. The summed E-state index contributed by atoms with van der Waals surface area (Å²) in [5.41, 5.74) is 0.107. The van der Waals surface area contributed by atoms with E-state index < -0.39 is 35.7 Å². The van der Waals surface area contributed by atoms with Gasteiger partial charge in [0.15, 0.2) is 0 Å². The minimum Gasteiger partial charge on any atom is -0.469 e. The normalized spacial score (nSPS) is 13.4. The van der Waals surface area contributed by atoms with Gasteiger partial charge in [0.1, 0.15) is 11.6 Å². The Hall–Kier alpha value is -2.57. The van der Waals surface area contributed by atoms with Crippen LogP contribution in [-0.4, -0.2) is 36.7 Å². The second kappa shape index (κ2) is 9.94. The number of amides is 2. The fourth-order valence-corrected chi connectivity index (χ4v) is 2.42. The Morgan fingerprint density at radius 1 is 1.04 bits per heavy atom. The van der Waals surface area contributed by atoms with Crippen molar-refractivity contribution in [3.63, 3.8) is 0 Å². The van der Waals surface area contributed by atoms with Gasteiger partial charge >= 0.3 is 12.1 Å². The van der Waals surface area contributed by atoms with E-state index >= 15 is 0 Å². The van der Waals surface area contributed by atoms with Gasteiger partial charge in [0.25, 0.3) is 0 Å². The van der Waals surface area contributed by atoms with E-state index in [9.17, 15) is 14.4 Å². The number of nitrogens with one attached hydrogen (secondary N) is 2. The molecule has 7 heteroatoms. The quantitative estimate of drug-likeness (QED) is 0.712. The second-order valence-electron chi connectivity index (χ2n) is 7.62. The van der Waals surface area contributed by atoms with E-state index in [4.69, 9.17) is 9.47 Å². The first-order valence-electron chi connectivity index (χ1n) is 8.95. The summed E-state index contributed by atoms with van der Waals surface area (Å²) in [7, 11) is 1.30. The summed E-state index contributed by atoms with van der Waals surface area (Å²) in [6.07, 6.45) is -0.677. The molecule has 0 radical (unpaired) electrons. The Kier molecular flexibility index (Phi) is 8.28. The lowest BCUT2D eigenvalue weighted by atomic mass is 10.00. The first-order valence-corrected chi connectivity index (χ1v) is 8.95. The summed E-state index contributed by atoms with van der Waals surface area (Å²) >= 11 is 0. The van der Waals surface area contributed by atoms with Crippen molar-refractivity contribution < 1.29 is 23.9 Å². The van der Waals surface area contributed by atoms with E-state index in [-0.39, 0.29) is 12.3 Å². The summed E-state index contributed by atoms with van der Waals surface area (Å²) in [5.74, 6) is -1.01. The number of carbonyl (C=O) groups excluding carboxylic acids is 3. The molecule has 1 aromatic carbocycles. The van der Waals surface area contributed by atoms with Crippen LogP contribution in [0.5, 0.6) is 0 Å². The van der Waals surface area contributed by atoms with E-state index in [1.165, 1.54) is 7.11 Å². The van der Waals surface area contributed by atoms with Crippen molar-refractivity contribution in [1.29, 1.82) is 0 Å². The number of hydrogen-bond donors (Lipinski definition) is 2. The minimum absolute atomic E-state index is 0.0104. The molecule has 1 aromatic rings. The molecule has 0 aliphatic rings. The SMILES string of the molecule is COC(=O)CC(NC(=O)[C@@H](NC(=O)OC(C)(C)C)C(C)C)c1ccccc1. The van der Waals surface area contributed by atoms with Crippen LogP contribution in [0.4, 0.5) is 4.79 Å². The maximum Gasteiger partial charge on any atom is 0.408 e. The van der Waals surface area contributed by atoms with Crippen LogP contribution in [0.15, 0.2) is 30.3 Å². The van der Waals surface area contributed by atoms with Crippen LogP contribution in [0.25, 0.3) is 0 Å². The molecule has 0 aliphatic carbocycles. The van der Waals surface area contributed by atoms with Crippen molar-refractivity contribution >= 4 is 18.0 Å². The molecule has 27 heavy (non-hydrogen) atoms. The number of ether oxygens (including phenoxy) is 2. The first kappa shape index (κ1) is 22.5. The van der Waals surface area contributed by atoms with Gasteiger partial charge in [-0.3, -0.25) is 9.59 Å². The zero-order chi connectivity index (χ0) is 20.6. The van der Waals surface area contributed by atoms with Crippen LogP contribution < -0.4 is 10.6 Å². The highest BCUT2D eigenvalue weighted by Crippen LogP contribution is 2.18. The van der Waals surface area contributed by atoms with E-state index in [1.54, 1.807) is 20.8 Å². The maximum absolute atomic E-state index is 12.8. The summed E-state index contributed by atoms with van der Waals surface area (Å²) in [6, 6.07) is 7.77. The molecule has 2 amide bonds. The number of alkyl carbamates (subject to hydrolysis) is 1. The summed E-state index contributed by atoms with van der Waals surface area (Å²) in [4.78, 5) is 36.6. The van der Waals surface area contributed by atoms with Gasteiger partial charge in [-0.2, -0.15) is 0 Å². The molecule has 0 aliphatic heterocycles. The van der Waals surface area contributed by atoms with Gasteiger partial charge < -0.3 is 20.1 Å². The van der Waals surface area contributed by atoms with Gasteiger partial charge in [-0.05, 0) is 32.3 Å². The molecule has 0 saturated carbocycles. The Labute approximate surface area is 160 Å². The molecule has 0 heterocycles. The summed E-state index contributed by atoms with van der Waals surface area (Å²) < 4.78 is 9.97. The Morgan fingerprint density at radius 2 is 1.63 bits per heavy atom. The molecule has 7 nitrogen and oxygen atoms in total. The highest BCUT2D eigenvalue weighted by molar-refractivity contribution is 5.86. The predicted octanol–water partition coefficient (Wildman–Crippen LogP) is 2.96. The van der Waals surface area contributed by atoms with Crippen LogP contribution >= 0.6 is 0 Å². The van der Waals surface area contributed by atoms with Gasteiger partial charge in [-0.15, -0.1) is 0 Å². The summed E-state index contributed by atoms with van der Waals surface area (Å²) in [5, 5.41) is 5.45. The third-order valence-corrected chi connectivity index (χ3v) is 3.74. The molecular formula is C20H30N2O5. The predicted molar refractivity (Wildman–Crippen MR) is 102 cm³/mol. The molecule has 0 saturated heterocycles.